The van der Waals surface area contributed by atoms with E-state index in [0.717, 1.165) is 22.7 Å². The Hall–Kier alpha value is -1.55. The number of fused-ring (bicyclic) bond motifs is 1. The van der Waals surface area contributed by atoms with E-state index in [1.807, 2.05) is 31.6 Å². The molecule has 0 spiro atoms. The van der Waals surface area contributed by atoms with Crippen LogP contribution < -0.4 is 10.6 Å². The Morgan fingerprint density at radius 1 is 1.47 bits per heavy atom. The van der Waals surface area contributed by atoms with Crippen LogP contribution >= 0.6 is 0 Å². The lowest BCUT2D eigenvalue weighted by Crippen LogP contribution is -2.09. The van der Waals surface area contributed by atoms with Crippen LogP contribution in [0.4, 0.5) is 5.69 Å². The third kappa shape index (κ3) is 1.57. The standard InChI is InChI=1S/C11H16N4/c1-8-10(7-12)15-5-4-9(14(2)3)6-11(15)13-8/h4-6H,7,12H2,1-3H3. The van der Waals surface area contributed by atoms with Gasteiger partial charge in [0.1, 0.15) is 5.65 Å². The zero-order valence-corrected chi connectivity index (χ0v) is 9.36. The summed E-state index contributed by atoms with van der Waals surface area (Å²) >= 11 is 0. The number of nitrogens with two attached hydrogens (primary N) is 1. The van der Waals surface area contributed by atoms with Crippen molar-refractivity contribution in [1.82, 2.24) is 9.38 Å². The van der Waals surface area contributed by atoms with Crippen molar-refractivity contribution in [1.29, 1.82) is 0 Å². The Labute approximate surface area is 89.3 Å². The van der Waals surface area contributed by atoms with Crippen LogP contribution in [0.15, 0.2) is 18.3 Å². The Bertz CT molecular complexity index is 485. The highest BCUT2D eigenvalue weighted by Crippen LogP contribution is 2.17. The van der Waals surface area contributed by atoms with Crippen LogP contribution in [0.3, 0.4) is 0 Å². The fourth-order valence-corrected chi connectivity index (χ4v) is 1.73. The first-order valence-electron chi connectivity index (χ1n) is 4.98. The average molecular weight is 204 g/mol. The molecule has 0 radical (unpaired) electrons. The van der Waals surface area contributed by atoms with Gasteiger partial charge in [0.15, 0.2) is 0 Å². The Balaban J connectivity index is 2.64. The lowest BCUT2D eigenvalue weighted by Gasteiger charge is -2.12. The monoisotopic (exact) mass is 204 g/mol. The van der Waals surface area contributed by atoms with Gasteiger partial charge in [-0.15, -0.1) is 0 Å². The van der Waals surface area contributed by atoms with Crippen LogP contribution in [0.1, 0.15) is 11.4 Å². The van der Waals surface area contributed by atoms with Gasteiger partial charge in [0.05, 0.1) is 11.4 Å². The number of anilines is 1. The second-order valence-electron chi connectivity index (χ2n) is 3.86. The molecule has 0 saturated carbocycles. The van der Waals surface area contributed by atoms with Crippen LogP contribution in [0.5, 0.6) is 0 Å². The fourth-order valence-electron chi connectivity index (χ4n) is 1.73. The molecular weight excluding hydrogens is 188 g/mol. The van der Waals surface area contributed by atoms with Crippen molar-refractivity contribution in [2.24, 2.45) is 5.73 Å². The van der Waals surface area contributed by atoms with Crippen LogP contribution in [-0.2, 0) is 6.54 Å². The smallest absolute Gasteiger partial charge is 0.139 e. The summed E-state index contributed by atoms with van der Waals surface area (Å²) in [6, 6.07) is 4.12. The minimum atomic E-state index is 0.522. The maximum absolute atomic E-state index is 5.69. The van der Waals surface area contributed by atoms with Crippen molar-refractivity contribution < 1.29 is 0 Å². The van der Waals surface area contributed by atoms with Gasteiger partial charge in [-0.3, -0.25) is 0 Å². The molecule has 4 nitrogen and oxygen atoms in total. The number of imidazole rings is 1. The van der Waals surface area contributed by atoms with Crippen LogP contribution in [-0.4, -0.2) is 23.5 Å². The molecule has 0 amide bonds. The predicted octanol–water partition coefficient (Wildman–Crippen LogP) is 1.17. The summed E-state index contributed by atoms with van der Waals surface area (Å²) in [5.74, 6) is 0. The Morgan fingerprint density at radius 3 is 2.80 bits per heavy atom. The summed E-state index contributed by atoms with van der Waals surface area (Å²) in [7, 11) is 4.04. The first-order chi connectivity index (χ1) is 7.13. The van der Waals surface area contributed by atoms with E-state index in [-0.39, 0.29) is 0 Å². The maximum atomic E-state index is 5.69. The third-order valence-electron chi connectivity index (χ3n) is 2.62. The average Bonchev–Trinajstić information content (AvgIpc) is 2.51. The summed E-state index contributed by atoms with van der Waals surface area (Å²) < 4.78 is 2.04. The van der Waals surface area contributed by atoms with Crippen molar-refractivity contribution in [3.63, 3.8) is 0 Å². The van der Waals surface area contributed by atoms with Crippen molar-refractivity contribution >= 4 is 11.3 Å². The van der Waals surface area contributed by atoms with E-state index >= 15 is 0 Å². The number of aromatic nitrogens is 2. The van der Waals surface area contributed by atoms with Gasteiger partial charge in [-0.1, -0.05) is 0 Å². The largest absolute Gasteiger partial charge is 0.378 e. The molecule has 0 unspecified atom stereocenters. The van der Waals surface area contributed by atoms with Crippen LogP contribution in [0.25, 0.3) is 5.65 Å². The van der Waals surface area contributed by atoms with E-state index in [0.29, 0.717) is 6.54 Å². The molecular formula is C11H16N4. The van der Waals surface area contributed by atoms with Gasteiger partial charge in [0.2, 0.25) is 0 Å². The van der Waals surface area contributed by atoms with Gasteiger partial charge in [0.25, 0.3) is 0 Å². The molecule has 0 saturated heterocycles. The molecule has 2 heterocycles. The fraction of sp³-hybridized carbons (Fsp3) is 0.364. The van der Waals surface area contributed by atoms with E-state index in [9.17, 15) is 0 Å². The number of rotatable bonds is 2. The molecule has 0 bridgehead atoms. The number of nitrogens with zero attached hydrogens (tertiary/aromatic N) is 3. The molecule has 0 aliphatic rings. The SMILES string of the molecule is Cc1nc2cc(N(C)C)ccn2c1CN. The van der Waals surface area contributed by atoms with Crippen LogP contribution in [0.2, 0.25) is 0 Å². The summed E-state index contributed by atoms with van der Waals surface area (Å²) in [4.78, 5) is 6.54. The highest BCUT2D eigenvalue weighted by molar-refractivity contribution is 5.56. The molecule has 0 aliphatic heterocycles. The molecule has 2 aromatic heterocycles. The molecule has 4 heteroatoms. The molecule has 0 fully saturated rings. The van der Waals surface area contributed by atoms with Gasteiger partial charge >= 0.3 is 0 Å². The number of hydrogen-bond donors (Lipinski definition) is 1. The Morgan fingerprint density at radius 2 is 2.20 bits per heavy atom. The van der Waals surface area contributed by atoms with Gasteiger partial charge in [0, 0.05) is 38.6 Å². The zero-order valence-electron chi connectivity index (χ0n) is 9.36. The maximum Gasteiger partial charge on any atom is 0.139 e. The van der Waals surface area contributed by atoms with E-state index in [1.165, 1.54) is 0 Å². The summed E-state index contributed by atoms with van der Waals surface area (Å²) in [6.45, 7) is 2.51. The quantitative estimate of drug-likeness (QED) is 0.798. The lowest BCUT2D eigenvalue weighted by atomic mass is 10.3. The first kappa shape index (κ1) is 9.98. The molecule has 80 valence electrons. The molecule has 0 aromatic carbocycles. The third-order valence-corrected chi connectivity index (χ3v) is 2.62. The summed E-state index contributed by atoms with van der Waals surface area (Å²) in [6.07, 6.45) is 2.02. The summed E-state index contributed by atoms with van der Waals surface area (Å²) in [5, 5.41) is 0. The highest BCUT2D eigenvalue weighted by atomic mass is 15.1. The first-order valence-corrected chi connectivity index (χ1v) is 4.98. The molecule has 15 heavy (non-hydrogen) atoms. The van der Waals surface area contributed by atoms with Gasteiger partial charge in [-0.25, -0.2) is 4.98 Å². The highest BCUT2D eigenvalue weighted by Gasteiger charge is 2.07. The van der Waals surface area contributed by atoms with Gasteiger partial charge in [-0.2, -0.15) is 0 Å². The Kier molecular flexibility index (Phi) is 2.36. The minimum absolute atomic E-state index is 0.522. The molecule has 2 rings (SSSR count). The minimum Gasteiger partial charge on any atom is -0.378 e. The molecule has 0 atom stereocenters. The topological polar surface area (TPSA) is 46.6 Å². The van der Waals surface area contributed by atoms with Crippen LogP contribution in [0, 0.1) is 6.92 Å². The molecule has 2 N–H and O–H groups in total. The van der Waals surface area contributed by atoms with Crippen molar-refractivity contribution in [3.8, 4) is 0 Å². The lowest BCUT2D eigenvalue weighted by molar-refractivity contribution is 0.942. The second-order valence-corrected chi connectivity index (χ2v) is 3.86. The van der Waals surface area contributed by atoms with E-state index in [2.05, 4.69) is 22.0 Å². The second kappa shape index (κ2) is 3.55. The van der Waals surface area contributed by atoms with Gasteiger partial charge in [-0.05, 0) is 13.0 Å². The zero-order chi connectivity index (χ0) is 11.0. The molecule has 2 aromatic rings. The van der Waals surface area contributed by atoms with Crippen molar-refractivity contribution in [2.75, 3.05) is 19.0 Å². The van der Waals surface area contributed by atoms with Gasteiger partial charge < -0.3 is 15.0 Å². The van der Waals surface area contributed by atoms with E-state index in [1.54, 1.807) is 0 Å². The van der Waals surface area contributed by atoms with Crippen molar-refractivity contribution in [2.45, 2.75) is 13.5 Å². The number of pyridine rings is 1. The van der Waals surface area contributed by atoms with E-state index in [4.69, 9.17) is 5.73 Å². The number of aryl methyl sites for hydroxylation is 1. The summed E-state index contributed by atoms with van der Waals surface area (Å²) in [5.41, 5.74) is 9.88. The van der Waals surface area contributed by atoms with E-state index < -0.39 is 0 Å². The predicted molar refractivity (Wildman–Crippen MR) is 62.1 cm³/mol. The normalized spacial score (nSPS) is 10.9. The number of hydrogen-bond acceptors (Lipinski definition) is 3. The molecule has 0 aliphatic carbocycles. The van der Waals surface area contributed by atoms with Crippen molar-refractivity contribution in [3.05, 3.63) is 29.7 Å².